The number of ether oxygens (including phenoxy) is 1. The Kier molecular flexibility index (Phi) is 6.64. The van der Waals surface area contributed by atoms with E-state index in [2.05, 4.69) is 22.4 Å². The third-order valence-corrected chi connectivity index (χ3v) is 4.92. The summed E-state index contributed by atoms with van der Waals surface area (Å²) in [4.78, 5) is 16.5. The fourth-order valence-corrected chi connectivity index (χ4v) is 3.42. The summed E-state index contributed by atoms with van der Waals surface area (Å²) in [6.45, 7) is 2.02. The Morgan fingerprint density at radius 3 is 2.58 bits per heavy atom. The van der Waals surface area contributed by atoms with Crippen LogP contribution in [0.15, 0.2) is 48.7 Å². The molecule has 26 heavy (non-hydrogen) atoms. The monoisotopic (exact) mass is 352 g/mol. The normalized spacial score (nSPS) is 19.7. The van der Waals surface area contributed by atoms with E-state index < -0.39 is 0 Å². The van der Waals surface area contributed by atoms with Crippen molar-refractivity contribution >= 4 is 5.91 Å². The number of hydrogen-bond acceptors (Lipinski definition) is 3. The van der Waals surface area contributed by atoms with Gasteiger partial charge in [0.15, 0.2) is 0 Å². The molecule has 0 saturated heterocycles. The average Bonchev–Trinajstić information content (AvgIpc) is 2.66. The maximum atomic E-state index is 12.2. The molecule has 3 rings (SSSR count). The van der Waals surface area contributed by atoms with Gasteiger partial charge >= 0.3 is 0 Å². The molecule has 1 fully saturated rings. The lowest BCUT2D eigenvalue weighted by molar-refractivity contribution is -0.122. The molecule has 4 nitrogen and oxygen atoms in total. The summed E-state index contributed by atoms with van der Waals surface area (Å²) in [5.41, 5.74) is 2.43. The lowest BCUT2D eigenvalue weighted by Gasteiger charge is -2.29. The second kappa shape index (κ2) is 9.37. The van der Waals surface area contributed by atoms with E-state index in [4.69, 9.17) is 4.74 Å². The van der Waals surface area contributed by atoms with Crippen LogP contribution in [0.4, 0.5) is 0 Å². The van der Waals surface area contributed by atoms with Crippen LogP contribution in [0.2, 0.25) is 0 Å². The van der Waals surface area contributed by atoms with Crippen molar-refractivity contribution in [3.63, 3.8) is 0 Å². The minimum absolute atomic E-state index is 0.172. The zero-order valence-corrected chi connectivity index (χ0v) is 15.5. The molecule has 1 aromatic carbocycles. The van der Waals surface area contributed by atoms with E-state index in [-0.39, 0.29) is 18.1 Å². The van der Waals surface area contributed by atoms with Gasteiger partial charge in [-0.2, -0.15) is 0 Å². The number of carbonyl (C=O) groups excluding carboxylic acids is 1. The van der Waals surface area contributed by atoms with Crippen molar-refractivity contribution in [3.8, 4) is 5.88 Å². The summed E-state index contributed by atoms with van der Waals surface area (Å²) in [5.74, 6) is 0.870. The molecule has 1 aliphatic carbocycles. The third kappa shape index (κ3) is 5.87. The lowest BCUT2D eigenvalue weighted by Crippen LogP contribution is -2.39. The van der Waals surface area contributed by atoms with Crippen LogP contribution in [0.25, 0.3) is 0 Å². The molecule has 0 aliphatic heterocycles. The number of aromatic nitrogens is 1. The molecular formula is C22H28N2O2. The topological polar surface area (TPSA) is 51.2 Å². The number of nitrogens with zero attached hydrogens (tertiary/aromatic N) is 1. The first kappa shape index (κ1) is 18.4. The van der Waals surface area contributed by atoms with Crippen LogP contribution >= 0.6 is 0 Å². The number of pyridine rings is 1. The number of hydrogen-bond donors (Lipinski definition) is 1. The molecule has 2 aromatic rings. The Balaban J connectivity index is 1.33. The summed E-state index contributed by atoms with van der Waals surface area (Å²) in [6, 6.07) is 14.6. The maximum Gasteiger partial charge on any atom is 0.220 e. The number of carbonyl (C=O) groups is 1. The Labute approximate surface area is 156 Å². The minimum Gasteiger partial charge on any atom is -0.474 e. The van der Waals surface area contributed by atoms with Crippen molar-refractivity contribution in [2.45, 2.75) is 64.0 Å². The van der Waals surface area contributed by atoms with Gasteiger partial charge in [-0.3, -0.25) is 4.79 Å². The van der Waals surface area contributed by atoms with E-state index in [1.807, 2.05) is 43.5 Å². The first-order valence-electron chi connectivity index (χ1n) is 9.61. The Bertz CT molecular complexity index is 677. The second-order valence-electron chi connectivity index (χ2n) is 7.17. The van der Waals surface area contributed by atoms with Crippen molar-refractivity contribution in [2.24, 2.45) is 0 Å². The van der Waals surface area contributed by atoms with Gasteiger partial charge in [0.25, 0.3) is 0 Å². The number of nitrogens with one attached hydrogen (secondary N) is 1. The molecular weight excluding hydrogens is 324 g/mol. The summed E-state index contributed by atoms with van der Waals surface area (Å²) < 4.78 is 5.95. The third-order valence-electron chi connectivity index (χ3n) is 4.92. The van der Waals surface area contributed by atoms with Crippen molar-refractivity contribution in [1.82, 2.24) is 10.3 Å². The Hall–Kier alpha value is -2.36. The molecule has 0 radical (unpaired) electrons. The van der Waals surface area contributed by atoms with E-state index in [9.17, 15) is 4.79 Å². The summed E-state index contributed by atoms with van der Waals surface area (Å²) in [6.07, 6.45) is 8.36. The SMILES string of the molecule is Cc1ccc(OC2CCC(NC(=O)CCCc3ccccc3)CC2)nc1. The average molecular weight is 352 g/mol. The molecule has 0 spiro atoms. The first-order chi connectivity index (χ1) is 12.7. The molecule has 4 heteroatoms. The fourth-order valence-electron chi connectivity index (χ4n) is 3.42. The van der Waals surface area contributed by atoms with Crippen LogP contribution in [0, 0.1) is 6.92 Å². The smallest absolute Gasteiger partial charge is 0.220 e. The summed E-state index contributed by atoms with van der Waals surface area (Å²) in [5, 5.41) is 3.19. The number of aryl methyl sites for hydroxylation is 2. The van der Waals surface area contributed by atoms with Crippen molar-refractivity contribution in [1.29, 1.82) is 0 Å². The number of benzene rings is 1. The van der Waals surface area contributed by atoms with Crippen LogP contribution < -0.4 is 10.1 Å². The highest BCUT2D eigenvalue weighted by Gasteiger charge is 2.23. The summed E-state index contributed by atoms with van der Waals surface area (Å²) >= 11 is 0. The highest BCUT2D eigenvalue weighted by Crippen LogP contribution is 2.23. The van der Waals surface area contributed by atoms with Crippen LogP contribution in [-0.2, 0) is 11.2 Å². The second-order valence-corrected chi connectivity index (χ2v) is 7.17. The molecule has 1 aliphatic rings. The maximum absolute atomic E-state index is 12.2. The van der Waals surface area contributed by atoms with Gasteiger partial charge < -0.3 is 10.1 Å². The van der Waals surface area contributed by atoms with Crippen LogP contribution in [0.3, 0.4) is 0 Å². The highest BCUT2D eigenvalue weighted by atomic mass is 16.5. The molecule has 0 unspecified atom stereocenters. The van der Waals surface area contributed by atoms with Crippen molar-refractivity contribution in [3.05, 3.63) is 59.8 Å². The Morgan fingerprint density at radius 1 is 1.12 bits per heavy atom. The summed E-state index contributed by atoms with van der Waals surface area (Å²) in [7, 11) is 0. The van der Waals surface area contributed by atoms with Gasteiger partial charge in [0.2, 0.25) is 11.8 Å². The van der Waals surface area contributed by atoms with Crippen LogP contribution in [-0.4, -0.2) is 23.0 Å². The van der Waals surface area contributed by atoms with E-state index in [0.29, 0.717) is 12.3 Å². The number of rotatable bonds is 7. The predicted octanol–water partition coefficient (Wildman–Crippen LogP) is 4.22. The van der Waals surface area contributed by atoms with Gasteiger partial charge in [-0.1, -0.05) is 36.4 Å². The van der Waals surface area contributed by atoms with E-state index in [1.54, 1.807) is 0 Å². The van der Waals surface area contributed by atoms with Gasteiger partial charge in [-0.25, -0.2) is 4.98 Å². The fraction of sp³-hybridized carbons (Fsp3) is 0.455. The molecule has 138 valence electrons. The van der Waals surface area contributed by atoms with Gasteiger partial charge in [0.1, 0.15) is 6.10 Å². The molecule has 1 aromatic heterocycles. The highest BCUT2D eigenvalue weighted by molar-refractivity contribution is 5.76. The largest absolute Gasteiger partial charge is 0.474 e. The minimum atomic E-state index is 0.172. The molecule has 1 N–H and O–H groups in total. The lowest BCUT2D eigenvalue weighted by atomic mass is 9.92. The van der Waals surface area contributed by atoms with Crippen LogP contribution in [0.5, 0.6) is 5.88 Å². The van der Waals surface area contributed by atoms with Crippen molar-refractivity contribution < 1.29 is 9.53 Å². The first-order valence-corrected chi connectivity index (χ1v) is 9.61. The predicted molar refractivity (Wildman–Crippen MR) is 103 cm³/mol. The Morgan fingerprint density at radius 2 is 1.88 bits per heavy atom. The standard InChI is InChI=1S/C22H28N2O2/c1-17-10-15-22(23-16-17)26-20-13-11-19(12-14-20)24-21(25)9-5-8-18-6-3-2-4-7-18/h2-4,6-7,10,15-16,19-20H,5,8-9,11-14H2,1H3,(H,24,25). The van der Waals surface area contributed by atoms with Crippen molar-refractivity contribution in [2.75, 3.05) is 0 Å². The van der Waals surface area contributed by atoms with Gasteiger partial charge in [0.05, 0.1) is 0 Å². The molecule has 1 saturated carbocycles. The van der Waals surface area contributed by atoms with E-state index in [0.717, 1.165) is 44.1 Å². The van der Waals surface area contributed by atoms with E-state index in [1.165, 1.54) is 5.56 Å². The molecule has 0 bridgehead atoms. The van der Waals surface area contributed by atoms with Crippen LogP contribution in [0.1, 0.15) is 49.7 Å². The van der Waals surface area contributed by atoms with Gasteiger partial charge in [-0.05, 0) is 56.6 Å². The van der Waals surface area contributed by atoms with Gasteiger partial charge in [0, 0.05) is 24.7 Å². The molecule has 1 amide bonds. The zero-order valence-electron chi connectivity index (χ0n) is 15.5. The zero-order chi connectivity index (χ0) is 18.2. The quantitative estimate of drug-likeness (QED) is 0.812. The van der Waals surface area contributed by atoms with E-state index >= 15 is 0 Å². The molecule has 0 atom stereocenters. The van der Waals surface area contributed by atoms with Gasteiger partial charge in [-0.15, -0.1) is 0 Å². The number of amides is 1. The molecule has 1 heterocycles.